The molecule has 7 heteroatoms. The molecular formula is C16H21N5O2. The lowest BCUT2D eigenvalue weighted by atomic mass is 9.99. The molecule has 122 valence electrons. The summed E-state index contributed by atoms with van der Waals surface area (Å²) in [6.45, 7) is 4.53. The summed E-state index contributed by atoms with van der Waals surface area (Å²) in [7, 11) is 1.78. The third kappa shape index (κ3) is 3.24. The summed E-state index contributed by atoms with van der Waals surface area (Å²) in [6, 6.07) is 1.78. The fraction of sp³-hybridized carbons (Fsp3) is 0.500. The average Bonchev–Trinajstić information content (AvgIpc) is 2.97. The number of hydrogen-bond acceptors (Lipinski definition) is 5. The summed E-state index contributed by atoms with van der Waals surface area (Å²) in [5.41, 5.74) is 2.38. The van der Waals surface area contributed by atoms with Gasteiger partial charge in [-0.2, -0.15) is 5.10 Å². The van der Waals surface area contributed by atoms with Crippen LogP contribution in [0.3, 0.4) is 0 Å². The maximum Gasteiger partial charge on any atom is 0.274 e. The van der Waals surface area contributed by atoms with E-state index in [1.54, 1.807) is 30.4 Å². The van der Waals surface area contributed by atoms with Crippen molar-refractivity contribution in [3.05, 3.63) is 41.2 Å². The first kappa shape index (κ1) is 15.6. The van der Waals surface area contributed by atoms with Gasteiger partial charge in [-0.3, -0.25) is 9.89 Å². The van der Waals surface area contributed by atoms with Crippen molar-refractivity contribution in [2.75, 3.05) is 13.6 Å². The van der Waals surface area contributed by atoms with Crippen LogP contribution >= 0.6 is 0 Å². The summed E-state index contributed by atoms with van der Waals surface area (Å²) in [4.78, 5) is 22.7. The summed E-state index contributed by atoms with van der Waals surface area (Å²) in [5, 5.41) is 7.19. The summed E-state index contributed by atoms with van der Waals surface area (Å²) >= 11 is 0. The molecule has 7 nitrogen and oxygen atoms in total. The summed E-state index contributed by atoms with van der Waals surface area (Å²) in [6.07, 6.45) is 4.75. The Morgan fingerprint density at radius 1 is 1.39 bits per heavy atom. The van der Waals surface area contributed by atoms with Crippen LogP contribution in [0.1, 0.15) is 47.5 Å². The maximum atomic E-state index is 12.7. The van der Waals surface area contributed by atoms with Gasteiger partial charge in [0.15, 0.2) is 5.69 Å². The Kier molecular flexibility index (Phi) is 4.38. The molecule has 0 unspecified atom stereocenters. The molecule has 2 aromatic heterocycles. The number of carbonyl (C=O) groups is 1. The van der Waals surface area contributed by atoms with E-state index in [0.29, 0.717) is 25.1 Å². The Labute approximate surface area is 135 Å². The number of ether oxygens (including phenoxy) is 1. The van der Waals surface area contributed by atoms with Crippen LogP contribution in [0.4, 0.5) is 0 Å². The van der Waals surface area contributed by atoms with Crippen LogP contribution in [-0.2, 0) is 17.6 Å². The number of nitrogens with one attached hydrogen (secondary N) is 1. The van der Waals surface area contributed by atoms with Gasteiger partial charge in [-0.05, 0) is 19.9 Å². The summed E-state index contributed by atoms with van der Waals surface area (Å²) < 4.78 is 5.76. The number of rotatable bonds is 4. The van der Waals surface area contributed by atoms with Crippen molar-refractivity contribution in [1.29, 1.82) is 0 Å². The summed E-state index contributed by atoms with van der Waals surface area (Å²) in [5.74, 6) is 0.645. The number of H-pyrrole nitrogens is 1. The number of aromatic amines is 1. The van der Waals surface area contributed by atoms with Crippen LogP contribution in [0.15, 0.2) is 18.5 Å². The molecule has 0 bridgehead atoms. The zero-order valence-corrected chi connectivity index (χ0v) is 13.6. The number of amides is 1. The molecule has 0 aliphatic carbocycles. The van der Waals surface area contributed by atoms with Crippen LogP contribution in [-0.4, -0.2) is 50.7 Å². The maximum absolute atomic E-state index is 12.7. The molecule has 23 heavy (non-hydrogen) atoms. The SMILES string of the molecule is C[C@@H]1Cc2c(C(=O)N(C)CCc3ncccn3)n[nH]c2[C@H](C)O1. The third-order valence-electron chi connectivity index (χ3n) is 4.07. The highest BCUT2D eigenvalue weighted by Gasteiger charge is 2.30. The van der Waals surface area contributed by atoms with Crippen LogP contribution < -0.4 is 0 Å². The monoisotopic (exact) mass is 315 g/mol. The van der Waals surface area contributed by atoms with Crippen molar-refractivity contribution in [2.45, 2.75) is 38.9 Å². The van der Waals surface area contributed by atoms with E-state index in [1.165, 1.54) is 0 Å². The average molecular weight is 315 g/mol. The molecule has 1 aliphatic heterocycles. The highest BCUT2D eigenvalue weighted by molar-refractivity contribution is 5.94. The zero-order valence-electron chi connectivity index (χ0n) is 13.6. The minimum absolute atomic E-state index is 0.0641. The second kappa shape index (κ2) is 6.45. The lowest BCUT2D eigenvalue weighted by Gasteiger charge is -2.25. The van der Waals surface area contributed by atoms with Crippen molar-refractivity contribution >= 4 is 5.91 Å². The van der Waals surface area contributed by atoms with Crippen molar-refractivity contribution < 1.29 is 9.53 Å². The van der Waals surface area contributed by atoms with Gasteiger partial charge in [-0.1, -0.05) is 0 Å². The Balaban J connectivity index is 1.71. The van der Waals surface area contributed by atoms with Crippen LogP contribution in [0.25, 0.3) is 0 Å². The molecular weight excluding hydrogens is 294 g/mol. The van der Waals surface area contributed by atoms with E-state index in [9.17, 15) is 4.79 Å². The molecule has 0 saturated carbocycles. The van der Waals surface area contributed by atoms with E-state index >= 15 is 0 Å². The molecule has 3 rings (SSSR count). The second-order valence-electron chi connectivity index (χ2n) is 5.90. The number of likely N-dealkylation sites (N-methyl/N-ethyl adjacent to an activating group) is 1. The van der Waals surface area contributed by atoms with E-state index in [4.69, 9.17) is 4.74 Å². The molecule has 2 atom stereocenters. The number of hydrogen-bond donors (Lipinski definition) is 1. The molecule has 0 fully saturated rings. The molecule has 3 heterocycles. The molecule has 1 amide bonds. The Bertz CT molecular complexity index is 685. The number of aromatic nitrogens is 4. The minimum atomic E-state index is -0.0836. The highest BCUT2D eigenvalue weighted by Crippen LogP contribution is 2.30. The van der Waals surface area contributed by atoms with Crippen molar-refractivity contribution in [3.63, 3.8) is 0 Å². The standard InChI is InChI=1S/C16H21N5O2/c1-10-9-12-14(11(2)23-10)19-20-15(12)16(22)21(3)8-5-13-17-6-4-7-18-13/h4,6-7,10-11H,5,8-9H2,1-3H3,(H,19,20)/t10-,11+/m1/s1. The van der Waals surface area contributed by atoms with Gasteiger partial charge in [0.05, 0.1) is 17.9 Å². The first-order valence-corrected chi connectivity index (χ1v) is 7.80. The fourth-order valence-corrected chi connectivity index (χ4v) is 2.86. The van der Waals surface area contributed by atoms with Gasteiger partial charge < -0.3 is 9.64 Å². The number of carbonyl (C=O) groups excluding carboxylic acids is 1. The Morgan fingerprint density at radius 3 is 2.87 bits per heavy atom. The first-order chi connectivity index (χ1) is 11.1. The van der Waals surface area contributed by atoms with Gasteiger partial charge in [0, 0.05) is 44.4 Å². The predicted octanol–water partition coefficient (Wildman–Crippen LogP) is 1.54. The van der Waals surface area contributed by atoms with Gasteiger partial charge in [-0.15, -0.1) is 0 Å². The molecule has 0 saturated heterocycles. The van der Waals surface area contributed by atoms with Crippen LogP contribution in [0, 0.1) is 0 Å². The lowest BCUT2D eigenvalue weighted by Crippen LogP contribution is -2.31. The largest absolute Gasteiger partial charge is 0.369 e. The first-order valence-electron chi connectivity index (χ1n) is 7.80. The second-order valence-corrected chi connectivity index (χ2v) is 5.90. The third-order valence-corrected chi connectivity index (χ3v) is 4.07. The van der Waals surface area contributed by atoms with Crippen LogP contribution in [0.5, 0.6) is 0 Å². The molecule has 0 radical (unpaired) electrons. The van der Waals surface area contributed by atoms with Crippen LogP contribution in [0.2, 0.25) is 0 Å². The van der Waals surface area contributed by atoms with Crippen molar-refractivity contribution in [2.24, 2.45) is 0 Å². The van der Waals surface area contributed by atoms with E-state index in [1.807, 2.05) is 13.8 Å². The Morgan fingerprint density at radius 2 is 2.13 bits per heavy atom. The Hall–Kier alpha value is -2.28. The van der Waals surface area contributed by atoms with Gasteiger partial charge in [0.25, 0.3) is 5.91 Å². The zero-order chi connectivity index (χ0) is 16.4. The van der Waals surface area contributed by atoms with E-state index in [-0.39, 0.29) is 18.1 Å². The predicted molar refractivity (Wildman–Crippen MR) is 84.0 cm³/mol. The van der Waals surface area contributed by atoms with Gasteiger partial charge >= 0.3 is 0 Å². The number of nitrogens with zero attached hydrogens (tertiary/aromatic N) is 4. The molecule has 0 aromatic carbocycles. The lowest BCUT2D eigenvalue weighted by molar-refractivity contribution is -0.00701. The molecule has 1 aliphatic rings. The van der Waals surface area contributed by atoms with E-state index in [0.717, 1.165) is 17.1 Å². The van der Waals surface area contributed by atoms with E-state index < -0.39 is 0 Å². The van der Waals surface area contributed by atoms with Gasteiger partial charge in [-0.25, -0.2) is 9.97 Å². The molecule has 1 N–H and O–H groups in total. The van der Waals surface area contributed by atoms with E-state index in [2.05, 4.69) is 20.2 Å². The van der Waals surface area contributed by atoms with Crippen molar-refractivity contribution in [1.82, 2.24) is 25.1 Å². The quantitative estimate of drug-likeness (QED) is 0.925. The van der Waals surface area contributed by atoms with Crippen molar-refractivity contribution in [3.8, 4) is 0 Å². The molecule has 0 spiro atoms. The van der Waals surface area contributed by atoms with Gasteiger partial charge in [0.2, 0.25) is 0 Å². The molecule has 2 aromatic rings. The highest BCUT2D eigenvalue weighted by atomic mass is 16.5. The van der Waals surface area contributed by atoms with Gasteiger partial charge in [0.1, 0.15) is 5.82 Å². The topological polar surface area (TPSA) is 84.0 Å². The normalized spacial score (nSPS) is 20.1. The minimum Gasteiger partial charge on any atom is -0.369 e. The number of fused-ring (bicyclic) bond motifs is 1. The smallest absolute Gasteiger partial charge is 0.274 e. The fourth-order valence-electron chi connectivity index (χ4n) is 2.86.